The summed E-state index contributed by atoms with van der Waals surface area (Å²) >= 11 is 0. The van der Waals surface area contributed by atoms with Crippen LogP contribution in [0.1, 0.15) is 16.1 Å². The summed E-state index contributed by atoms with van der Waals surface area (Å²) in [4.78, 5) is 15.0. The van der Waals surface area contributed by atoms with Gasteiger partial charge >= 0.3 is 0 Å². The van der Waals surface area contributed by atoms with E-state index in [9.17, 15) is 9.18 Å². The topological polar surface area (TPSA) is 54.1 Å². The van der Waals surface area contributed by atoms with E-state index in [0.29, 0.717) is 17.5 Å². The lowest BCUT2D eigenvalue weighted by molar-refractivity contribution is 0.0947. The van der Waals surface area contributed by atoms with E-state index in [1.165, 1.54) is 13.2 Å². The molecule has 2 aromatic rings. The van der Waals surface area contributed by atoms with Gasteiger partial charge in [-0.25, -0.2) is 4.39 Å². The minimum absolute atomic E-state index is 0.122. The standard InChI is InChI=1S/C12H11FN2O2/c1-17-11-6(13)2-3-7-9(11)10-8(15-7)4-5-14-12(10)16/h2-3,15H,4-5H2,1H3,(H,14,16). The highest BCUT2D eigenvalue weighted by molar-refractivity contribution is 6.11. The van der Waals surface area contributed by atoms with Crippen LogP contribution in [0.25, 0.3) is 10.9 Å². The van der Waals surface area contributed by atoms with Gasteiger partial charge in [0, 0.05) is 18.7 Å². The van der Waals surface area contributed by atoms with E-state index in [0.717, 1.165) is 17.6 Å². The minimum Gasteiger partial charge on any atom is -0.493 e. The summed E-state index contributed by atoms with van der Waals surface area (Å²) in [5.41, 5.74) is 2.07. The van der Waals surface area contributed by atoms with Crippen molar-refractivity contribution in [1.29, 1.82) is 0 Å². The second-order valence-electron chi connectivity index (χ2n) is 3.99. The molecule has 3 rings (SSSR count). The van der Waals surface area contributed by atoms with Crippen LogP contribution in [-0.2, 0) is 6.42 Å². The lowest BCUT2D eigenvalue weighted by Crippen LogP contribution is -2.31. The lowest BCUT2D eigenvalue weighted by Gasteiger charge is -2.13. The summed E-state index contributed by atoms with van der Waals surface area (Å²) in [6, 6.07) is 2.96. The lowest BCUT2D eigenvalue weighted by atomic mass is 10.0. The number of amides is 1. The van der Waals surface area contributed by atoms with Crippen molar-refractivity contribution in [3.05, 3.63) is 29.2 Å². The van der Waals surface area contributed by atoms with Gasteiger partial charge in [0.1, 0.15) is 0 Å². The Morgan fingerprint density at radius 1 is 1.41 bits per heavy atom. The first kappa shape index (κ1) is 10.1. The smallest absolute Gasteiger partial charge is 0.253 e. The monoisotopic (exact) mass is 234 g/mol. The highest BCUT2D eigenvalue weighted by Crippen LogP contribution is 2.34. The molecule has 1 aliphatic heterocycles. The molecule has 1 amide bonds. The molecule has 0 fully saturated rings. The Hall–Kier alpha value is -2.04. The van der Waals surface area contributed by atoms with E-state index in [4.69, 9.17) is 4.74 Å². The van der Waals surface area contributed by atoms with Crippen molar-refractivity contribution in [3.63, 3.8) is 0 Å². The predicted molar refractivity (Wildman–Crippen MR) is 60.8 cm³/mol. The van der Waals surface area contributed by atoms with E-state index in [1.54, 1.807) is 6.07 Å². The summed E-state index contributed by atoms with van der Waals surface area (Å²) in [6.45, 7) is 0.601. The molecular formula is C12H11FN2O2. The molecule has 88 valence electrons. The molecule has 0 bridgehead atoms. The van der Waals surface area contributed by atoms with Gasteiger partial charge in [0.2, 0.25) is 0 Å². The zero-order chi connectivity index (χ0) is 12.0. The number of methoxy groups -OCH3 is 1. The fourth-order valence-corrected chi connectivity index (χ4v) is 2.31. The molecule has 0 saturated carbocycles. The van der Waals surface area contributed by atoms with Gasteiger partial charge < -0.3 is 15.0 Å². The van der Waals surface area contributed by atoms with Crippen molar-refractivity contribution in [2.75, 3.05) is 13.7 Å². The molecular weight excluding hydrogens is 223 g/mol. The number of fused-ring (bicyclic) bond motifs is 3. The van der Waals surface area contributed by atoms with Crippen LogP contribution in [0.2, 0.25) is 0 Å². The van der Waals surface area contributed by atoms with Crippen LogP contribution in [0, 0.1) is 5.82 Å². The SMILES string of the molecule is COc1c(F)ccc2[nH]c3c(c12)C(=O)NCC3. The number of carbonyl (C=O) groups is 1. The number of carbonyl (C=O) groups excluding carboxylic acids is 1. The largest absolute Gasteiger partial charge is 0.493 e. The van der Waals surface area contributed by atoms with Crippen LogP contribution in [0.15, 0.2) is 12.1 Å². The van der Waals surface area contributed by atoms with Crippen molar-refractivity contribution in [3.8, 4) is 5.75 Å². The van der Waals surface area contributed by atoms with Crippen molar-refractivity contribution in [1.82, 2.24) is 10.3 Å². The van der Waals surface area contributed by atoms with Crippen molar-refractivity contribution < 1.29 is 13.9 Å². The number of rotatable bonds is 1. The molecule has 0 radical (unpaired) electrons. The number of hydrogen-bond acceptors (Lipinski definition) is 2. The van der Waals surface area contributed by atoms with Crippen LogP contribution in [0.3, 0.4) is 0 Å². The second-order valence-corrected chi connectivity index (χ2v) is 3.99. The molecule has 0 saturated heterocycles. The number of aromatic nitrogens is 1. The van der Waals surface area contributed by atoms with Crippen molar-refractivity contribution in [2.45, 2.75) is 6.42 Å². The molecule has 0 spiro atoms. The summed E-state index contributed by atoms with van der Waals surface area (Å²) in [5.74, 6) is -0.515. The Morgan fingerprint density at radius 3 is 3.00 bits per heavy atom. The molecule has 1 aliphatic rings. The molecule has 0 aliphatic carbocycles. The van der Waals surface area contributed by atoms with Gasteiger partial charge in [0.05, 0.1) is 23.6 Å². The summed E-state index contributed by atoms with van der Waals surface area (Å²) < 4.78 is 18.7. The average Bonchev–Trinajstić information content (AvgIpc) is 2.69. The normalized spacial score (nSPS) is 14.6. The van der Waals surface area contributed by atoms with E-state index in [2.05, 4.69) is 10.3 Å². The predicted octanol–water partition coefficient (Wildman–Crippen LogP) is 1.60. The van der Waals surface area contributed by atoms with Crippen LogP contribution in [0.5, 0.6) is 5.75 Å². The Balaban J connectivity index is 2.42. The number of hydrogen-bond donors (Lipinski definition) is 2. The fourth-order valence-electron chi connectivity index (χ4n) is 2.31. The maximum absolute atomic E-state index is 13.6. The Morgan fingerprint density at radius 2 is 2.24 bits per heavy atom. The van der Waals surface area contributed by atoms with Crippen LogP contribution >= 0.6 is 0 Å². The Labute approximate surface area is 96.8 Å². The zero-order valence-corrected chi connectivity index (χ0v) is 9.26. The molecule has 2 heterocycles. The van der Waals surface area contributed by atoms with Crippen LogP contribution in [-0.4, -0.2) is 24.5 Å². The van der Waals surface area contributed by atoms with Crippen LogP contribution in [0.4, 0.5) is 4.39 Å². The molecule has 0 unspecified atom stereocenters. The van der Waals surface area contributed by atoms with Crippen molar-refractivity contribution >= 4 is 16.8 Å². The average molecular weight is 234 g/mol. The van der Waals surface area contributed by atoms with Crippen molar-refractivity contribution in [2.24, 2.45) is 0 Å². The third-order valence-electron chi connectivity index (χ3n) is 3.04. The van der Waals surface area contributed by atoms with Crippen LogP contribution < -0.4 is 10.1 Å². The number of nitrogens with one attached hydrogen (secondary N) is 2. The van der Waals surface area contributed by atoms with Gasteiger partial charge in [-0.05, 0) is 12.1 Å². The summed E-state index contributed by atoms with van der Waals surface area (Å²) in [7, 11) is 1.40. The molecule has 1 aromatic heterocycles. The first-order valence-electron chi connectivity index (χ1n) is 5.37. The molecule has 0 atom stereocenters. The maximum Gasteiger partial charge on any atom is 0.253 e. The first-order chi connectivity index (χ1) is 8.22. The minimum atomic E-state index is -0.458. The summed E-state index contributed by atoms with van der Waals surface area (Å²) in [5, 5.41) is 3.28. The molecule has 1 aromatic carbocycles. The van der Waals surface area contributed by atoms with Gasteiger partial charge in [-0.15, -0.1) is 0 Å². The fraction of sp³-hybridized carbons (Fsp3) is 0.250. The molecule has 4 nitrogen and oxygen atoms in total. The third-order valence-corrected chi connectivity index (χ3v) is 3.04. The Kier molecular flexibility index (Phi) is 2.07. The van der Waals surface area contributed by atoms with E-state index < -0.39 is 5.82 Å². The second kappa shape index (κ2) is 3.48. The van der Waals surface area contributed by atoms with Gasteiger partial charge in [-0.1, -0.05) is 0 Å². The Bertz CT molecular complexity index is 618. The quantitative estimate of drug-likeness (QED) is 0.787. The zero-order valence-electron chi connectivity index (χ0n) is 9.26. The number of aromatic amines is 1. The number of benzene rings is 1. The highest BCUT2D eigenvalue weighted by atomic mass is 19.1. The molecule has 2 N–H and O–H groups in total. The van der Waals surface area contributed by atoms with E-state index >= 15 is 0 Å². The highest BCUT2D eigenvalue weighted by Gasteiger charge is 2.25. The molecule has 17 heavy (non-hydrogen) atoms. The van der Waals surface area contributed by atoms with Gasteiger partial charge in [-0.3, -0.25) is 4.79 Å². The maximum atomic E-state index is 13.6. The third kappa shape index (κ3) is 1.32. The number of H-pyrrole nitrogens is 1. The first-order valence-corrected chi connectivity index (χ1v) is 5.37. The number of ether oxygens (including phenoxy) is 1. The van der Waals surface area contributed by atoms with E-state index in [-0.39, 0.29) is 11.7 Å². The molecule has 5 heteroatoms. The van der Waals surface area contributed by atoms with Gasteiger partial charge in [0.15, 0.2) is 11.6 Å². The number of halogens is 1. The van der Waals surface area contributed by atoms with E-state index in [1.807, 2.05) is 0 Å². The van der Waals surface area contributed by atoms with Gasteiger partial charge in [0.25, 0.3) is 5.91 Å². The van der Waals surface area contributed by atoms with Gasteiger partial charge in [-0.2, -0.15) is 0 Å². The summed E-state index contributed by atoms with van der Waals surface area (Å²) in [6.07, 6.45) is 0.723.